The second-order valence-electron chi connectivity index (χ2n) is 2.48. The summed E-state index contributed by atoms with van der Waals surface area (Å²) in [6.07, 6.45) is -1.63. The van der Waals surface area contributed by atoms with E-state index in [9.17, 15) is 13.6 Å². The van der Waals surface area contributed by atoms with Crippen molar-refractivity contribution >= 4 is 40.2 Å². The molecule has 1 aromatic rings. The minimum Gasteiger partial charge on any atom is -0.465 e. The molecule has 0 aliphatic carbocycles. The van der Waals surface area contributed by atoms with E-state index in [1.165, 1.54) is 6.20 Å². The first-order chi connectivity index (χ1) is 6.99. The van der Waals surface area contributed by atoms with E-state index in [0.29, 0.717) is 0 Å². The van der Waals surface area contributed by atoms with E-state index in [-0.39, 0.29) is 14.3 Å². The highest BCUT2D eigenvalue weighted by Gasteiger charge is 2.25. The molecule has 3 nitrogen and oxygen atoms in total. The fourth-order valence-corrected chi connectivity index (χ4v) is 1.86. The molecule has 0 saturated carbocycles. The Kier molecular flexibility index (Phi) is 4.21. The van der Waals surface area contributed by atoms with Gasteiger partial charge < -0.3 is 4.74 Å². The molecule has 7 heteroatoms. The maximum atomic E-state index is 12.6. The number of halogens is 4. The summed E-state index contributed by atoms with van der Waals surface area (Å²) in [5.41, 5.74) is -0.816. The number of hydrogen-bond acceptors (Lipinski definition) is 3. The van der Waals surface area contributed by atoms with Crippen LogP contribution in [0.15, 0.2) is 6.20 Å². The van der Waals surface area contributed by atoms with E-state index in [1.807, 2.05) is 0 Å². The van der Waals surface area contributed by atoms with E-state index < -0.39 is 18.0 Å². The van der Waals surface area contributed by atoms with Gasteiger partial charge in [-0.1, -0.05) is 11.6 Å². The van der Waals surface area contributed by atoms with Gasteiger partial charge in [0.25, 0.3) is 6.43 Å². The van der Waals surface area contributed by atoms with Crippen molar-refractivity contribution in [1.29, 1.82) is 0 Å². The second kappa shape index (κ2) is 5.02. The lowest BCUT2D eigenvalue weighted by Gasteiger charge is -2.09. The number of pyridine rings is 1. The lowest BCUT2D eigenvalue weighted by atomic mass is 10.1. The monoisotopic (exact) mass is 347 g/mol. The smallest absolute Gasteiger partial charge is 0.339 e. The highest BCUT2D eigenvalue weighted by molar-refractivity contribution is 14.1. The Morgan fingerprint density at radius 1 is 1.67 bits per heavy atom. The summed E-state index contributed by atoms with van der Waals surface area (Å²) in [6.45, 7) is 0. The van der Waals surface area contributed by atoms with Crippen molar-refractivity contribution in [1.82, 2.24) is 4.98 Å². The zero-order chi connectivity index (χ0) is 11.6. The molecule has 0 unspecified atom stereocenters. The van der Waals surface area contributed by atoms with Crippen LogP contribution in [0.3, 0.4) is 0 Å². The summed E-state index contributed by atoms with van der Waals surface area (Å²) in [5, 5.41) is -0.384. The first-order valence-corrected chi connectivity index (χ1v) is 5.15. The highest BCUT2D eigenvalue weighted by atomic mass is 127. The van der Waals surface area contributed by atoms with Crippen LogP contribution in [0.5, 0.6) is 0 Å². The van der Waals surface area contributed by atoms with Crippen molar-refractivity contribution in [2.75, 3.05) is 7.11 Å². The zero-order valence-electron chi connectivity index (χ0n) is 7.43. The standard InChI is InChI=1S/C8H5ClF2INO2/c1-15-8(14)4-3(12)2-13-6(9)5(4)7(10)11/h2,7H,1H3. The molecule has 0 aromatic carbocycles. The summed E-state index contributed by atoms with van der Waals surface area (Å²) < 4.78 is 29.9. The van der Waals surface area contributed by atoms with Crippen molar-refractivity contribution < 1.29 is 18.3 Å². The van der Waals surface area contributed by atoms with Crippen LogP contribution in [-0.4, -0.2) is 18.1 Å². The second-order valence-corrected chi connectivity index (χ2v) is 4.00. The number of alkyl halides is 2. The predicted octanol–water partition coefficient (Wildman–Crippen LogP) is 3.06. The molecule has 0 fully saturated rings. The van der Waals surface area contributed by atoms with Crippen LogP contribution < -0.4 is 0 Å². The van der Waals surface area contributed by atoms with E-state index in [1.54, 1.807) is 22.6 Å². The van der Waals surface area contributed by atoms with Gasteiger partial charge in [-0.25, -0.2) is 18.6 Å². The molecule has 82 valence electrons. The van der Waals surface area contributed by atoms with Gasteiger partial charge in [0, 0.05) is 9.77 Å². The summed E-state index contributed by atoms with van der Waals surface area (Å²) >= 11 is 7.21. The van der Waals surface area contributed by atoms with E-state index in [0.717, 1.165) is 7.11 Å². The van der Waals surface area contributed by atoms with Crippen LogP contribution in [0, 0.1) is 3.57 Å². The number of carbonyl (C=O) groups excluding carboxylic acids is 1. The van der Waals surface area contributed by atoms with Crippen molar-refractivity contribution in [2.45, 2.75) is 6.43 Å². The Hall–Kier alpha value is -0.500. The molecular formula is C8H5ClF2INO2. The number of rotatable bonds is 2. The Morgan fingerprint density at radius 2 is 2.27 bits per heavy atom. The third-order valence-electron chi connectivity index (χ3n) is 1.63. The minimum atomic E-state index is -2.87. The average Bonchev–Trinajstić information content (AvgIpc) is 2.19. The number of ether oxygens (including phenoxy) is 1. The fraction of sp³-hybridized carbons (Fsp3) is 0.250. The van der Waals surface area contributed by atoms with Gasteiger partial charge in [0.15, 0.2) is 0 Å². The Morgan fingerprint density at radius 3 is 2.73 bits per heavy atom. The van der Waals surface area contributed by atoms with E-state index >= 15 is 0 Å². The normalized spacial score (nSPS) is 10.5. The third kappa shape index (κ3) is 2.54. The molecule has 0 bridgehead atoms. The van der Waals surface area contributed by atoms with Gasteiger partial charge in [-0.05, 0) is 22.6 Å². The maximum absolute atomic E-state index is 12.6. The molecule has 1 heterocycles. The summed E-state index contributed by atoms with van der Waals surface area (Å²) in [4.78, 5) is 14.8. The summed E-state index contributed by atoms with van der Waals surface area (Å²) in [6, 6.07) is 0. The van der Waals surface area contributed by atoms with Crippen LogP contribution in [0.1, 0.15) is 22.3 Å². The summed E-state index contributed by atoms with van der Waals surface area (Å²) in [5.74, 6) is -0.848. The van der Waals surface area contributed by atoms with E-state index in [4.69, 9.17) is 11.6 Å². The molecule has 1 aromatic heterocycles. The lowest BCUT2D eigenvalue weighted by Crippen LogP contribution is -2.10. The van der Waals surface area contributed by atoms with Crippen LogP contribution in [0.4, 0.5) is 8.78 Å². The van der Waals surface area contributed by atoms with Gasteiger partial charge in [0.2, 0.25) is 0 Å². The molecule has 0 atom stereocenters. The topological polar surface area (TPSA) is 39.2 Å². The van der Waals surface area contributed by atoms with Gasteiger partial charge in [-0.2, -0.15) is 0 Å². The van der Waals surface area contributed by atoms with E-state index in [2.05, 4.69) is 9.72 Å². The van der Waals surface area contributed by atoms with Crippen LogP contribution in [-0.2, 0) is 4.74 Å². The zero-order valence-corrected chi connectivity index (χ0v) is 10.3. The number of methoxy groups -OCH3 is 1. The first kappa shape index (κ1) is 12.6. The largest absolute Gasteiger partial charge is 0.465 e. The predicted molar refractivity (Wildman–Crippen MR) is 58.3 cm³/mol. The number of hydrogen-bond donors (Lipinski definition) is 0. The molecule has 0 N–H and O–H groups in total. The average molecular weight is 347 g/mol. The number of esters is 1. The van der Waals surface area contributed by atoms with Gasteiger partial charge in [-0.3, -0.25) is 0 Å². The van der Waals surface area contributed by atoms with Crippen molar-refractivity contribution in [2.24, 2.45) is 0 Å². The SMILES string of the molecule is COC(=O)c1c(I)cnc(Cl)c1C(F)F. The minimum absolute atomic E-state index is 0.229. The fourth-order valence-electron chi connectivity index (χ4n) is 0.988. The Labute approximate surface area is 103 Å². The molecule has 0 amide bonds. The first-order valence-electron chi connectivity index (χ1n) is 3.69. The quantitative estimate of drug-likeness (QED) is 0.469. The van der Waals surface area contributed by atoms with Crippen LogP contribution in [0.2, 0.25) is 5.15 Å². The van der Waals surface area contributed by atoms with Gasteiger partial charge in [-0.15, -0.1) is 0 Å². The van der Waals surface area contributed by atoms with Gasteiger partial charge in [0.05, 0.1) is 18.2 Å². The molecule has 15 heavy (non-hydrogen) atoms. The highest BCUT2D eigenvalue weighted by Crippen LogP contribution is 2.31. The summed E-state index contributed by atoms with van der Waals surface area (Å²) in [7, 11) is 1.11. The van der Waals surface area contributed by atoms with Crippen molar-refractivity contribution in [3.05, 3.63) is 26.0 Å². The molecule has 0 saturated heterocycles. The van der Waals surface area contributed by atoms with Gasteiger partial charge in [0.1, 0.15) is 5.15 Å². The lowest BCUT2D eigenvalue weighted by molar-refractivity contribution is 0.0587. The molecule has 0 spiro atoms. The van der Waals surface area contributed by atoms with Crippen molar-refractivity contribution in [3.63, 3.8) is 0 Å². The van der Waals surface area contributed by atoms with Crippen LogP contribution in [0.25, 0.3) is 0 Å². The molecule has 1 rings (SSSR count). The number of carbonyl (C=O) groups is 1. The Bertz CT molecular complexity index is 400. The molecule has 0 aliphatic rings. The molecule has 0 aliphatic heterocycles. The van der Waals surface area contributed by atoms with Gasteiger partial charge >= 0.3 is 5.97 Å². The number of nitrogens with zero attached hydrogens (tertiary/aromatic N) is 1. The van der Waals surface area contributed by atoms with Crippen molar-refractivity contribution in [3.8, 4) is 0 Å². The third-order valence-corrected chi connectivity index (χ3v) is 2.75. The molecular weight excluding hydrogens is 342 g/mol. The maximum Gasteiger partial charge on any atom is 0.339 e. The van der Waals surface area contributed by atoms with Crippen LogP contribution >= 0.6 is 34.2 Å². The Balaban J connectivity index is 3.45. The molecule has 0 radical (unpaired) electrons. The number of aromatic nitrogens is 1.